The maximum absolute atomic E-state index is 11.8. The molecule has 3 heterocycles. The largest absolute Gasteiger partial charge is 0.368 e. The van der Waals surface area contributed by atoms with Crippen LogP contribution >= 0.6 is 0 Å². The standard InChI is InChI=1S/C21H28N6O2/c1-3-4-20(28)25-19-13-16(7-8-23-19)15-26-9-11-27(12-10-26)17-5-6-18(24-14-17)21(29)22-2/h5-8,13-14H,3-4,9-12,15H2,1-2H3,(H,22,29)(H,23,25,28). The fourth-order valence-corrected chi connectivity index (χ4v) is 3.33. The van der Waals surface area contributed by atoms with E-state index < -0.39 is 0 Å². The Morgan fingerprint density at radius 3 is 2.55 bits per heavy atom. The number of pyridine rings is 2. The van der Waals surface area contributed by atoms with Gasteiger partial charge in [-0.25, -0.2) is 9.97 Å². The predicted molar refractivity (Wildman–Crippen MR) is 113 cm³/mol. The molecule has 0 spiro atoms. The molecule has 2 aromatic heterocycles. The van der Waals surface area contributed by atoms with Crippen LogP contribution in [0.2, 0.25) is 0 Å². The van der Waals surface area contributed by atoms with Crippen LogP contribution in [0.5, 0.6) is 0 Å². The summed E-state index contributed by atoms with van der Waals surface area (Å²) in [5, 5.41) is 5.43. The van der Waals surface area contributed by atoms with Gasteiger partial charge in [-0.15, -0.1) is 0 Å². The lowest BCUT2D eigenvalue weighted by molar-refractivity contribution is -0.116. The zero-order valence-electron chi connectivity index (χ0n) is 17.0. The summed E-state index contributed by atoms with van der Waals surface area (Å²) in [6, 6.07) is 7.64. The Hall–Kier alpha value is -3.00. The molecule has 0 aromatic carbocycles. The van der Waals surface area contributed by atoms with Gasteiger partial charge in [-0.05, 0) is 36.2 Å². The third-order valence-electron chi connectivity index (χ3n) is 4.92. The number of nitrogens with zero attached hydrogens (tertiary/aromatic N) is 4. The summed E-state index contributed by atoms with van der Waals surface area (Å²) >= 11 is 0. The Labute approximate surface area is 171 Å². The number of anilines is 2. The maximum atomic E-state index is 11.8. The number of piperazine rings is 1. The van der Waals surface area contributed by atoms with Crippen LogP contribution in [-0.4, -0.2) is 59.9 Å². The highest BCUT2D eigenvalue weighted by atomic mass is 16.2. The molecule has 2 N–H and O–H groups in total. The summed E-state index contributed by atoms with van der Waals surface area (Å²) in [7, 11) is 1.60. The number of hydrogen-bond acceptors (Lipinski definition) is 6. The fraction of sp³-hybridized carbons (Fsp3) is 0.429. The fourth-order valence-electron chi connectivity index (χ4n) is 3.33. The summed E-state index contributed by atoms with van der Waals surface area (Å²) in [4.78, 5) is 36.5. The minimum atomic E-state index is -0.177. The normalized spacial score (nSPS) is 14.5. The first-order chi connectivity index (χ1) is 14.1. The van der Waals surface area contributed by atoms with E-state index in [-0.39, 0.29) is 11.8 Å². The number of rotatable bonds is 7. The Morgan fingerprint density at radius 1 is 1.10 bits per heavy atom. The Kier molecular flexibility index (Phi) is 7.13. The number of carbonyl (C=O) groups is 2. The highest BCUT2D eigenvalue weighted by Crippen LogP contribution is 2.17. The quantitative estimate of drug-likeness (QED) is 0.743. The Bertz CT molecular complexity index is 831. The van der Waals surface area contributed by atoms with Gasteiger partial charge in [0.25, 0.3) is 5.91 Å². The first-order valence-corrected chi connectivity index (χ1v) is 9.99. The summed E-state index contributed by atoms with van der Waals surface area (Å²) in [5.41, 5.74) is 2.59. The molecular weight excluding hydrogens is 368 g/mol. The van der Waals surface area contributed by atoms with Gasteiger partial charge in [0, 0.05) is 52.4 Å². The molecule has 1 fully saturated rings. The van der Waals surface area contributed by atoms with Crippen molar-refractivity contribution in [2.75, 3.05) is 43.4 Å². The van der Waals surface area contributed by atoms with Gasteiger partial charge in [0.05, 0.1) is 11.9 Å². The van der Waals surface area contributed by atoms with Crippen LogP contribution in [0, 0.1) is 0 Å². The third kappa shape index (κ3) is 5.74. The summed E-state index contributed by atoms with van der Waals surface area (Å²) in [6.07, 6.45) is 4.83. The lowest BCUT2D eigenvalue weighted by Gasteiger charge is -2.36. The van der Waals surface area contributed by atoms with Crippen molar-refractivity contribution in [2.45, 2.75) is 26.3 Å². The smallest absolute Gasteiger partial charge is 0.269 e. The number of carbonyl (C=O) groups excluding carboxylic acids is 2. The summed E-state index contributed by atoms with van der Waals surface area (Å²) in [6.45, 7) is 6.45. The molecule has 0 aliphatic carbocycles. The number of aromatic nitrogens is 2. The van der Waals surface area contributed by atoms with Crippen molar-refractivity contribution in [3.63, 3.8) is 0 Å². The molecule has 1 aliphatic rings. The Morgan fingerprint density at radius 2 is 1.90 bits per heavy atom. The average molecular weight is 396 g/mol. The van der Waals surface area contributed by atoms with Crippen LogP contribution in [-0.2, 0) is 11.3 Å². The molecule has 2 amide bonds. The molecular formula is C21H28N6O2. The second-order valence-electron chi connectivity index (χ2n) is 7.09. The molecule has 8 heteroatoms. The molecule has 1 aliphatic heterocycles. The minimum absolute atomic E-state index is 0.00168. The van der Waals surface area contributed by atoms with E-state index in [9.17, 15) is 9.59 Å². The van der Waals surface area contributed by atoms with Crippen molar-refractivity contribution in [1.82, 2.24) is 20.2 Å². The molecule has 29 heavy (non-hydrogen) atoms. The summed E-state index contributed by atoms with van der Waals surface area (Å²) in [5.74, 6) is 0.438. The molecule has 1 saturated heterocycles. The van der Waals surface area contributed by atoms with Crippen molar-refractivity contribution >= 4 is 23.3 Å². The molecule has 2 aromatic rings. The molecule has 3 rings (SSSR count). The van der Waals surface area contributed by atoms with Gasteiger partial charge >= 0.3 is 0 Å². The first kappa shape index (κ1) is 20.7. The van der Waals surface area contributed by atoms with Crippen molar-refractivity contribution in [1.29, 1.82) is 0 Å². The molecule has 0 bridgehead atoms. The molecule has 0 radical (unpaired) electrons. The van der Waals surface area contributed by atoms with Crippen molar-refractivity contribution in [3.8, 4) is 0 Å². The van der Waals surface area contributed by atoms with Gasteiger partial charge < -0.3 is 15.5 Å². The van der Waals surface area contributed by atoms with Gasteiger partial charge in [0.2, 0.25) is 5.91 Å². The van der Waals surface area contributed by atoms with Crippen molar-refractivity contribution in [3.05, 3.63) is 47.9 Å². The third-order valence-corrected chi connectivity index (χ3v) is 4.92. The van der Waals surface area contributed by atoms with Crippen molar-refractivity contribution < 1.29 is 9.59 Å². The van der Waals surface area contributed by atoms with E-state index in [1.165, 1.54) is 0 Å². The second-order valence-corrected chi connectivity index (χ2v) is 7.09. The van der Waals surface area contributed by atoms with Crippen LogP contribution in [0.4, 0.5) is 11.5 Å². The maximum Gasteiger partial charge on any atom is 0.269 e. The highest BCUT2D eigenvalue weighted by Gasteiger charge is 2.18. The van der Waals surface area contributed by atoms with Gasteiger partial charge in [0.15, 0.2) is 0 Å². The number of hydrogen-bond donors (Lipinski definition) is 2. The first-order valence-electron chi connectivity index (χ1n) is 9.99. The lowest BCUT2D eigenvalue weighted by Crippen LogP contribution is -2.46. The Balaban J connectivity index is 1.52. The zero-order chi connectivity index (χ0) is 20.6. The van der Waals surface area contributed by atoms with E-state index in [2.05, 4.69) is 30.4 Å². The van der Waals surface area contributed by atoms with Gasteiger partial charge in [-0.3, -0.25) is 14.5 Å². The SMILES string of the molecule is CCCC(=O)Nc1cc(CN2CCN(c3ccc(C(=O)NC)nc3)CC2)ccn1. The molecule has 8 nitrogen and oxygen atoms in total. The van der Waals surface area contributed by atoms with Gasteiger partial charge in [-0.1, -0.05) is 6.92 Å². The monoisotopic (exact) mass is 396 g/mol. The van der Waals surface area contributed by atoms with Gasteiger partial charge in [0.1, 0.15) is 11.5 Å². The molecule has 154 valence electrons. The molecule has 0 unspecified atom stereocenters. The summed E-state index contributed by atoms with van der Waals surface area (Å²) < 4.78 is 0. The topological polar surface area (TPSA) is 90.5 Å². The average Bonchev–Trinajstić information content (AvgIpc) is 2.74. The number of nitrogens with one attached hydrogen (secondary N) is 2. The van der Waals surface area contributed by atoms with Crippen LogP contribution in [0.3, 0.4) is 0 Å². The van der Waals surface area contributed by atoms with E-state index in [1.54, 1.807) is 25.5 Å². The second kappa shape index (κ2) is 9.97. The van der Waals surface area contributed by atoms with Crippen LogP contribution in [0.1, 0.15) is 35.8 Å². The zero-order valence-corrected chi connectivity index (χ0v) is 17.0. The van der Waals surface area contributed by atoms with E-state index in [0.29, 0.717) is 17.9 Å². The van der Waals surface area contributed by atoms with E-state index >= 15 is 0 Å². The predicted octanol–water partition coefficient (Wildman–Crippen LogP) is 1.90. The van der Waals surface area contributed by atoms with Crippen LogP contribution in [0.25, 0.3) is 0 Å². The minimum Gasteiger partial charge on any atom is -0.368 e. The van der Waals surface area contributed by atoms with E-state index in [1.807, 2.05) is 25.1 Å². The van der Waals surface area contributed by atoms with Crippen molar-refractivity contribution in [2.24, 2.45) is 0 Å². The van der Waals surface area contributed by atoms with Crippen LogP contribution < -0.4 is 15.5 Å². The van der Waals surface area contributed by atoms with Crippen LogP contribution in [0.15, 0.2) is 36.7 Å². The van der Waals surface area contributed by atoms with E-state index in [0.717, 1.165) is 50.4 Å². The molecule has 0 atom stereocenters. The number of amides is 2. The highest BCUT2D eigenvalue weighted by molar-refractivity contribution is 5.92. The molecule has 0 saturated carbocycles. The van der Waals surface area contributed by atoms with E-state index in [4.69, 9.17) is 0 Å². The lowest BCUT2D eigenvalue weighted by atomic mass is 10.2. The van der Waals surface area contributed by atoms with Gasteiger partial charge in [-0.2, -0.15) is 0 Å².